The fourth-order valence-corrected chi connectivity index (χ4v) is 3.47. The van der Waals surface area contributed by atoms with E-state index < -0.39 is 5.97 Å². The van der Waals surface area contributed by atoms with Gasteiger partial charge in [-0.15, -0.1) is 0 Å². The van der Waals surface area contributed by atoms with Crippen LogP contribution in [0.5, 0.6) is 0 Å². The van der Waals surface area contributed by atoms with Gasteiger partial charge in [-0.05, 0) is 39.3 Å². The fourth-order valence-electron chi connectivity index (χ4n) is 3.47. The molecule has 28 heavy (non-hydrogen) atoms. The van der Waals surface area contributed by atoms with Crippen molar-refractivity contribution in [2.24, 2.45) is 0 Å². The molecule has 0 aliphatic heterocycles. The minimum atomic E-state index is -0.551. The van der Waals surface area contributed by atoms with E-state index >= 15 is 0 Å². The Labute approximate surface area is 164 Å². The minimum Gasteiger partial charge on any atom is -0.454 e. The zero-order valence-corrected chi connectivity index (χ0v) is 16.7. The van der Waals surface area contributed by atoms with Crippen molar-refractivity contribution in [1.82, 2.24) is 14.3 Å². The van der Waals surface area contributed by atoms with Crippen molar-refractivity contribution in [3.63, 3.8) is 0 Å². The van der Waals surface area contributed by atoms with Crippen molar-refractivity contribution in [3.8, 4) is 0 Å². The number of hydrogen-bond donors (Lipinski definition) is 0. The Balaban J connectivity index is 1.62. The third kappa shape index (κ3) is 4.22. The van der Waals surface area contributed by atoms with Crippen LogP contribution in [0.2, 0.25) is 0 Å². The highest BCUT2D eigenvalue weighted by Crippen LogP contribution is 2.20. The number of Topliss-reactive ketones (excluding diaryl/α,β-unsaturated/α-hetero) is 1. The predicted octanol–water partition coefficient (Wildman–Crippen LogP) is 3.97. The fraction of sp³-hybridized carbons (Fsp3) is 0.318. The van der Waals surface area contributed by atoms with Crippen LogP contribution < -0.4 is 0 Å². The first-order valence-corrected chi connectivity index (χ1v) is 9.32. The number of carbonyl (C=O) groups is 2. The quantitative estimate of drug-likeness (QED) is 0.460. The second kappa shape index (κ2) is 8.25. The summed E-state index contributed by atoms with van der Waals surface area (Å²) in [5.41, 5.74) is 3.92. The zero-order valence-electron chi connectivity index (χ0n) is 16.7. The molecule has 0 atom stereocenters. The van der Waals surface area contributed by atoms with Crippen molar-refractivity contribution in [2.45, 2.75) is 40.3 Å². The molecule has 6 nitrogen and oxygen atoms in total. The monoisotopic (exact) mass is 379 g/mol. The van der Waals surface area contributed by atoms with Gasteiger partial charge in [0.15, 0.2) is 6.61 Å². The van der Waals surface area contributed by atoms with Crippen LogP contribution in [0.1, 0.15) is 57.6 Å². The number of nitrogens with zero attached hydrogens (tertiary/aromatic N) is 3. The van der Waals surface area contributed by atoms with Crippen LogP contribution in [0, 0.1) is 13.8 Å². The molecule has 146 valence electrons. The van der Waals surface area contributed by atoms with Gasteiger partial charge in [-0.25, -0.2) is 4.79 Å². The second-order valence-corrected chi connectivity index (χ2v) is 7.16. The highest BCUT2D eigenvalue weighted by atomic mass is 16.5. The van der Waals surface area contributed by atoms with Gasteiger partial charge in [-0.1, -0.05) is 30.3 Å². The van der Waals surface area contributed by atoms with E-state index in [4.69, 9.17) is 4.74 Å². The highest BCUT2D eigenvalue weighted by Gasteiger charge is 2.19. The van der Waals surface area contributed by atoms with Gasteiger partial charge in [0, 0.05) is 29.2 Å². The summed E-state index contributed by atoms with van der Waals surface area (Å²) in [4.78, 5) is 24.8. The van der Waals surface area contributed by atoms with Crippen molar-refractivity contribution in [1.29, 1.82) is 0 Å². The van der Waals surface area contributed by atoms with Crippen molar-refractivity contribution in [2.75, 3.05) is 6.61 Å². The molecule has 0 bridgehead atoms. The number of rotatable bonds is 7. The lowest BCUT2D eigenvalue weighted by atomic mass is 10.1. The Morgan fingerprint density at radius 2 is 1.86 bits per heavy atom. The van der Waals surface area contributed by atoms with E-state index in [1.807, 2.05) is 50.2 Å². The molecule has 0 amide bonds. The van der Waals surface area contributed by atoms with Crippen LogP contribution in [0.15, 0.2) is 48.8 Å². The number of carbonyl (C=O) groups excluding carboxylic acids is 2. The zero-order chi connectivity index (χ0) is 20.3. The average Bonchev–Trinajstić information content (AvgIpc) is 3.24. The van der Waals surface area contributed by atoms with Gasteiger partial charge >= 0.3 is 5.97 Å². The molecular weight excluding hydrogens is 354 g/mol. The Morgan fingerprint density at radius 1 is 1.14 bits per heavy atom. The van der Waals surface area contributed by atoms with E-state index in [1.165, 1.54) is 6.20 Å². The molecule has 3 aromatic rings. The number of aromatic nitrogens is 3. The maximum absolute atomic E-state index is 12.5. The maximum atomic E-state index is 12.5. The minimum absolute atomic E-state index is 0.204. The van der Waals surface area contributed by atoms with Gasteiger partial charge in [-0.2, -0.15) is 5.10 Å². The lowest BCUT2D eigenvalue weighted by molar-refractivity contribution is 0.0474. The van der Waals surface area contributed by atoms with Gasteiger partial charge in [0.2, 0.25) is 5.78 Å². The number of ether oxygens (including phenoxy) is 1. The molecule has 1 aromatic carbocycles. The first kappa shape index (κ1) is 19.6. The number of aryl methyl sites for hydroxylation is 1. The molecule has 2 aromatic heterocycles. The van der Waals surface area contributed by atoms with Crippen LogP contribution in [-0.2, 0) is 11.3 Å². The lowest BCUT2D eigenvalue weighted by Crippen LogP contribution is -2.15. The smallest absolute Gasteiger partial charge is 0.341 e. The van der Waals surface area contributed by atoms with Gasteiger partial charge in [0.05, 0.1) is 18.3 Å². The summed E-state index contributed by atoms with van der Waals surface area (Å²) >= 11 is 0. The molecule has 0 saturated carbocycles. The van der Waals surface area contributed by atoms with E-state index in [0.717, 1.165) is 17.0 Å². The van der Waals surface area contributed by atoms with E-state index in [1.54, 1.807) is 10.9 Å². The SMILES string of the molecule is Cc1cc(C(=O)COC(=O)c2cnn(Cc3ccccc3)c2)c(C)n1C(C)C. The van der Waals surface area contributed by atoms with E-state index in [0.29, 0.717) is 17.7 Å². The molecule has 0 spiro atoms. The standard InChI is InChI=1S/C22H25N3O3/c1-15(2)25-16(3)10-20(17(25)4)21(26)14-28-22(27)19-11-23-24(13-19)12-18-8-6-5-7-9-18/h5-11,13,15H,12,14H2,1-4H3. The van der Waals surface area contributed by atoms with Crippen LogP contribution in [-0.4, -0.2) is 32.7 Å². The molecule has 3 rings (SSSR count). The molecule has 0 N–H and O–H groups in total. The second-order valence-electron chi connectivity index (χ2n) is 7.16. The van der Waals surface area contributed by atoms with Crippen molar-refractivity contribution < 1.29 is 14.3 Å². The molecule has 0 aliphatic rings. The maximum Gasteiger partial charge on any atom is 0.341 e. The molecule has 2 heterocycles. The average molecular weight is 379 g/mol. The van der Waals surface area contributed by atoms with E-state index in [9.17, 15) is 9.59 Å². The Kier molecular flexibility index (Phi) is 5.78. The molecule has 0 fully saturated rings. The van der Waals surface area contributed by atoms with Crippen LogP contribution in [0.4, 0.5) is 0 Å². The lowest BCUT2D eigenvalue weighted by Gasteiger charge is -2.13. The number of ketones is 1. The topological polar surface area (TPSA) is 66.1 Å². The molecule has 6 heteroatoms. The van der Waals surface area contributed by atoms with Crippen LogP contribution >= 0.6 is 0 Å². The summed E-state index contributed by atoms with van der Waals surface area (Å²) in [7, 11) is 0. The number of esters is 1. The first-order valence-electron chi connectivity index (χ1n) is 9.32. The molecule has 0 saturated heterocycles. The summed E-state index contributed by atoms with van der Waals surface area (Å²) in [6.07, 6.45) is 3.09. The van der Waals surface area contributed by atoms with E-state index in [2.05, 4.69) is 23.5 Å². The van der Waals surface area contributed by atoms with Gasteiger partial charge in [0.25, 0.3) is 0 Å². The Morgan fingerprint density at radius 3 is 2.50 bits per heavy atom. The van der Waals surface area contributed by atoms with Gasteiger partial charge in [0.1, 0.15) is 0 Å². The number of hydrogen-bond acceptors (Lipinski definition) is 4. The largest absolute Gasteiger partial charge is 0.454 e. The van der Waals surface area contributed by atoms with Crippen molar-refractivity contribution >= 4 is 11.8 Å². The summed E-state index contributed by atoms with van der Waals surface area (Å²) in [5, 5.41) is 4.19. The summed E-state index contributed by atoms with van der Waals surface area (Å²) in [6, 6.07) is 12.0. The van der Waals surface area contributed by atoms with Crippen molar-refractivity contribution in [3.05, 3.63) is 76.9 Å². The summed E-state index contributed by atoms with van der Waals surface area (Å²) in [5.74, 6) is -0.754. The highest BCUT2D eigenvalue weighted by molar-refractivity contribution is 6.00. The van der Waals surface area contributed by atoms with Gasteiger partial charge < -0.3 is 9.30 Å². The third-order valence-electron chi connectivity index (χ3n) is 4.69. The summed E-state index contributed by atoms with van der Waals surface area (Å²) in [6.45, 7) is 8.30. The normalized spacial score (nSPS) is 11.0. The van der Waals surface area contributed by atoms with Crippen LogP contribution in [0.3, 0.4) is 0 Å². The van der Waals surface area contributed by atoms with E-state index in [-0.39, 0.29) is 18.4 Å². The first-order chi connectivity index (χ1) is 13.4. The Hall–Kier alpha value is -3.15. The van der Waals surface area contributed by atoms with Crippen LogP contribution in [0.25, 0.3) is 0 Å². The summed E-state index contributed by atoms with van der Waals surface area (Å²) < 4.78 is 8.99. The molecule has 0 aliphatic carbocycles. The van der Waals surface area contributed by atoms with Gasteiger partial charge in [-0.3, -0.25) is 9.48 Å². The molecule has 0 radical (unpaired) electrons. The third-order valence-corrected chi connectivity index (χ3v) is 4.69. The molecular formula is C22H25N3O3. The number of benzene rings is 1. The molecule has 0 unspecified atom stereocenters. The Bertz CT molecular complexity index is 984. The predicted molar refractivity (Wildman–Crippen MR) is 107 cm³/mol.